The fourth-order valence-electron chi connectivity index (χ4n) is 1.48. The average molecular weight is 181 g/mol. The van der Waals surface area contributed by atoms with Crippen molar-refractivity contribution in [3.8, 4) is 22.5 Å². The van der Waals surface area contributed by atoms with Crippen LogP contribution in [0.3, 0.4) is 0 Å². The van der Waals surface area contributed by atoms with E-state index in [0.717, 1.165) is 22.5 Å². The molecule has 0 aliphatic carbocycles. The molecule has 0 aromatic rings. The molecular formula is C11H7N3. The first-order valence-corrected chi connectivity index (χ1v) is 4.38. The van der Waals surface area contributed by atoms with Gasteiger partial charge in [0.1, 0.15) is 0 Å². The highest BCUT2D eigenvalue weighted by Gasteiger charge is 2.04. The maximum Gasteiger partial charge on any atom is 0.159 e. The van der Waals surface area contributed by atoms with Crippen LogP contribution in [-0.2, 0) is 0 Å². The van der Waals surface area contributed by atoms with Crippen molar-refractivity contribution in [1.82, 2.24) is 15.0 Å². The topological polar surface area (TPSA) is 38.7 Å². The molecule has 0 N–H and O–H groups in total. The highest BCUT2D eigenvalue weighted by molar-refractivity contribution is 5.65. The van der Waals surface area contributed by atoms with E-state index in [-0.39, 0.29) is 0 Å². The molecule has 0 radical (unpaired) electrons. The van der Waals surface area contributed by atoms with Crippen LogP contribution < -0.4 is 0 Å². The van der Waals surface area contributed by atoms with E-state index in [9.17, 15) is 0 Å². The number of hydrogen-bond acceptors (Lipinski definition) is 3. The van der Waals surface area contributed by atoms with Gasteiger partial charge >= 0.3 is 0 Å². The Morgan fingerprint density at radius 2 is 1.57 bits per heavy atom. The SMILES string of the molecule is c1cc2ccc3cncc-3cnc-2n1. The summed E-state index contributed by atoms with van der Waals surface area (Å²) >= 11 is 0. The lowest BCUT2D eigenvalue weighted by Crippen LogP contribution is -1.80. The first-order chi connectivity index (χ1) is 6.93. The monoisotopic (exact) mass is 181 g/mol. The summed E-state index contributed by atoms with van der Waals surface area (Å²) in [6.45, 7) is 0. The molecule has 0 bridgehead atoms. The van der Waals surface area contributed by atoms with Gasteiger partial charge in [-0.2, -0.15) is 0 Å². The molecule has 3 heterocycles. The standard InChI is InChI=1S/C11H7N3/c1-2-9-5-12-6-10(9)7-14-11-8(1)3-4-13-11/h1-7H. The Kier molecular flexibility index (Phi) is 1.44. The fourth-order valence-corrected chi connectivity index (χ4v) is 1.48. The molecule has 0 aromatic carbocycles. The van der Waals surface area contributed by atoms with Gasteiger partial charge in [0, 0.05) is 41.5 Å². The summed E-state index contributed by atoms with van der Waals surface area (Å²) in [6, 6.07) is 6.00. The van der Waals surface area contributed by atoms with Crippen molar-refractivity contribution >= 4 is 0 Å². The van der Waals surface area contributed by atoms with Crippen molar-refractivity contribution in [3.05, 3.63) is 43.0 Å². The van der Waals surface area contributed by atoms with Gasteiger partial charge in [-0.1, -0.05) is 12.1 Å². The van der Waals surface area contributed by atoms with Gasteiger partial charge in [-0.25, -0.2) is 9.97 Å². The third-order valence-electron chi connectivity index (χ3n) is 2.24. The minimum absolute atomic E-state index is 0.771. The molecule has 0 amide bonds. The zero-order chi connectivity index (χ0) is 9.38. The van der Waals surface area contributed by atoms with E-state index in [1.807, 2.05) is 24.4 Å². The van der Waals surface area contributed by atoms with Crippen molar-refractivity contribution in [3.63, 3.8) is 0 Å². The molecule has 0 spiro atoms. The van der Waals surface area contributed by atoms with Gasteiger partial charge in [-0.3, -0.25) is 4.98 Å². The normalized spacial score (nSPS) is 10.9. The number of fused-ring (bicyclic) bond motifs is 2. The third-order valence-corrected chi connectivity index (χ3v) is 2.24. The van der Waals surface area contributed by atoms with E-state index < -0.39 is 0 Å². The first kappa shape index (κ1) is 7.38. The number of nitrogens with zero attached hydrogens (tertiary/aromatic N) is 3. The van der Waals surface area contributed by atoms with Gasteiger partial charge in [-0.15, -0.1) is 0 Å². The quantitative estimate of drug-likeness (QED) is 0.533. The second kappa shape index (κ2) is 2.73. The molecule has 0 saturated carbocycles. The van der Waals surface area contributed by atoms with E-state index in [1.165, 1.54) is 0 Å². The van der Waals surface area contributed by atoms with Crippen LogP contribution in [-0.4, -0.2) is 15.0 Å². The molecule has 0 unspecified atom stereocenters. The zero-order valence-electron chi connectivity index (χ0n) is 7.38. The number of hydrogen-bond donors (Lipinski definition) is 0. The van der Waals surface area contributed by atoms with Crippen LogP contribution in [0.15, 0.2) is 43.0 Å². The minimum Gasteiger partial charge on any atom is -0.263 e. The van der Waals surface area contributed by atoms with E-state index in [0.29, 0.717) is 0 Å². The second-order valence-corrected chi connectivity index (χ2v) is 3.13. The molecule has 0 saturated heterocycles. The van der Waals surface area contributed by atoms with Gasteiger partial charge < -0.3 is 0 Å². The Bertz CT molecular complexity index is 429. The van der Waals surface area contributed by atoms with Gasteiger partial charge in [-0.05, 0) is 6.07 Å². The summed E-state index contributed by atoms with van der Waals surface area (Å²) in [6.07, 6.45) is 7.20. The second-order valence-electron chi connectivity index (χ2n) is 3.13. The Hall–Kier alpha value is -2.03. The Balaban J connectivity index is 2.34. The van der Waals surface area contributed by atoms with E-state index in [1.54, 1.807) is 18.6 Å². The number of aromatic nitrogens is 3. The maximum atomic E-state index is 4.29. The molecule has 14 heavy (non-hydrogen) atoms. The Labute approximate surface area is 81.2 Å². The Morgan fingerprint density at radius 1 is 0.714 bits per heavy atom. The van der Waals surface area contributed by atoms with Crippen LogP contribution >= 0.6 is 0 Å². The van der Waals surface area contributed by atoms with Crippen LogP contribution in [0.1, 0.15) is 0 Å². The van der Waals surface area contributed by atoms with Crippen molar-refractivity contribution in [2.24, 2.45) is 0 Å². The molecular weight excluding hydrogens is 174 g/mol. The zero-order valence-corrected chi connectivity index (χ0v) is 7.38. The predicted molar refractivity (Wildman–Crippen MR) is 53.1 cm³/mol. The summed E-state index contributed by atoms with van der Waals surface area (Å²) in [5.74, 6) is 0.771. The molecule has 3 aliphatic heterocycles. The summed E-state index contributed by atoms with van der Waals surface area (Å²) in [7, 11) is 0. The van der Waals surface area contributed by atoms with Gasteiger partial charge in [0.15, 0.2) is 5.82 Å². The van der Waals surface area contributed by atoms with Crippen LogP contribution in [0.2, 0.25) is 0 Å². The highest BCUT2D eigenvalue weighted by atomic mass is 14.9. The largest absolute Gasteiger partial charge is 0.263 e. The van der Waals surface area contributed by atoms with Crippen LogP contribution in [0.25, 0.3) is 22.5 Å². The average Bonchev–Trinajstić information content (AvgIpc) is 2.75. The van der Waals surface area contributed by atoms with Gasteiger partial charge in [0.25, 0.3) is 0 Å². The molecule has 3 rings (SSSR count). The lowest BCUT2D eigenvalue weighted by Gasteiger charge is -1.94. The van der Waals surface area contributed by atoms with Crippen LogP contribution in [0.4, 0.5) is 0 Å². The van der Waals surface area contributed by atoms with Crippen LogP contribution in [0.5, 0.6) is 0 Å². The van der Waals surface area contributed by atoms with E-state index in [4.69, 9.17) is 0 Å². The molecule has 0 fully saturated rings. The van der Waals surface area contributed by atoms with Crippen molar-refractivity contribution < 1.29 is 0 Å². The molecule has 66 valence electrons. The van der Waals surface area contributed by atoms with E-state index >= 15 is 0 Å². The molecule has 0 atom stereocenters. The summed E-state index contributed by atoms with van der Waals surface area (Å²) < 4.78 is 0. The lowest BCUT2D eigenvalue weighted by molar-refractivity contribution is 1.24. The molecule has 3 aliphatic rings. The smallest absolute Gasteiger partial charge is 0.159 e. The first-order valence-electron chi connectivity index (χ1n) is 4.38. The van der Waals surface area contributed by atoms with Gasteiger partial charge in [0.2, 0.25) is 0 Å². The summed E-state index contributed by atoms with van der Waals surface area (Å²) in [4.78, 5) is 12.5. The molecule has 3 heteroatoms. The fraction of sp³-hybridized carbons (Fsp3) is 0. The summed E-state index contributed by atoms with van der Waals surface area (Å²) in [5.41, 5.74) is 3.18. The molecule has 0 aromatic heterocycles. The maximum absolute atomic E-state index is 4.29. The number of rotatable bonds is 0. The summed E-state index contributed by atoms with van der Waals surface area (Å²) in [5, 5.41) is 0. The van der Waals surface area contributed by atoms with Crippen molar-refractivity contribution in [2.45, 2.75) is 0 Å². The minimum atomic E-state index is 0.771. The van der Waals surface area contributed by atoms with Gasteiger partial charge in [0.05, 0.1) is 0 Å². The van der Waals surface area contributed by atoms with Crippen molar-refractivity contribution in [1.29, 1.82) is 0 Å². The highest BCUT2D eigenvalue weighted by Crippen LogP contribution is 2.21. The molecule has 3 nitrogen and oxygen atoms in total. The van der Waals surface area contributed by atoms with Crippen LogP contribution in [0, 0.1) is 0 Å². The predicted octanol–water partition coefficient (Wildman–Crippen LogP) is 2.08. The van der Waals surface area contributed by atoms with E-state index in [2.05, 4.69) is 15.0 Å². The Morgan fingerprint density at radius 3 is 2.57 bits per heavy atom. The lowest BCUT2D eigenvalue weighted by atomic mass is 10.1. The van der Waals surface area contributed by atoms with Crippen molar-refractivity contribution in [2.75, 3.05) is 0 Å². The third kappa shape index (κ3) is 1.03.